The molecule has 0 amide bonds. The van der Waals surface area contributed by atoms with Crippen LogP contribution >= 0.6 is 0 Å². The molecule has 0 bridgehead atoms. The van der Waals surface area contributed by atoms with Crippen LogP contribution in [0.1, 0.15) is 44.7 Å². The van der Waals surface area contributed by atoms with Gasteiger partial charge >= 0.3 is 0 Å². The Morgan fingerprint density at radius 2 is 1.33 bits per heavy atom. The van der Waals surface area contributed by atoms with Gasteiger partial charge in [-0.2, -0.15) is 0 Å². The lowest BCUT2D eigenvalue weighted by atomic mass is 10.0. The average molecular weight is 282 g/mol. The summed E-state index contributed by atoms with van der Waals surface area (Å²) in [7, 11) is 0. The van der Waals surface area contributed by atoms with Gasteiger partial charge in [0.15, 0.2) is 0 Å². The predicted octanol–water partition coefficient (Wildman–Crippen LogP) is 6.02. The molecule has 0 N–H and O–H groups in total. The van der Waals surface area contributed by atoms with Crippen molar-refractivity contribution in [2.45, 2.75) is 46.5 Å². The van der Waals surface area contributed by atoms with Crippen molar-refractivity contribution >= 4 is 0 Å². The summed E-state index contributed by atoms with van der Waals surface area (Å²) in [6, 6.07) is 16.9. The Hall–Kier alpha value is -1.76. The summed E-state index contributed by atoms with van der Waals surface area (Å²) in [4.78, 5) is 0. The first-order valence-corrected chi connectivity index (χ1v) is 8.03. The van der Waals surface area contributed by atoms with Gasteiger partial charge in [0, 0.05) is 0 Å². The van der Waals surface area contributed by atoms with Gasteiger partial charge in [0.2, 0.25) is 0 Å². The van der Waals surface area contributed by atoms with Crippen LogP contribution in [0.4, 0.5) is 0 Å². The fourth-order valence-corrected chi connectivity index (χ4v) is 2.41. The van der Waals surface area contributed by atoms with E-state index in [1.54, 1.807) is 0 Å². The third kappa shape index (κ3) is 5.26. The van der Waals surface area contributed by atoms with Crippen LogP contribution in [0.15, 0.2) is 48.5 Å². The van der Waals surface area contributed by atoms with Gasteiger partial charge < -0.3 is 4.74 Å². The molecule has 112 valence electrons. The Morgan fingerprint density at radius 3 is 1.81 bits per heavy atom. The number of hydrogen-bond acceptors (Lipinski definition) is 1. The number of ether oxygens (including phenoxy) is 1. The molecule has 0 saturated heterocycles. The van der Waals surface area contributed by atoms with Crippen molar-refractivity contribution in [1.29, 1.82) is 0 Å². The van der Waals surface area contributed by atoms with Gasteiger partial charge in [-0.15, -0.1) is 0 Å². The van der Waals surface area contributed by atoms with Gasteiger partial charge in [-0.25, -0.2) is 0 Å². The molecular formula is C20H26O. The summed E-state index contributed by atoms with van der Waals surface area (Å²) in [5.41, 5.74) is 2.75. The molecule has 1 nitrogen and oxygen atoms in total. The molecule has 0 radical (unpaired) electrons. The highest BCUT2D eigenvalue weighted by Crippen LogP contribution is 2.23. The smallest absolute Gasteiger partial charge is 0.127 e. The maximum Gasteiger partial charge on any atom is 0.127 e. The molecule has 0 fully saturated rings. The molecule has 0 aliphatic rings. The van der Waals surface area contributed by atoms with Crippen LogP contribution in [0.3, 0.4) is 0 Å². The maximum absolute atomic E-state index is 5.90. The van der Waals surface area contributed by atoms with Crippen molar-refractivity contribution in [3.05, 3.63) is 59.7 Å². The second kappa shape index (κ2) is 7.87. The molecule has 0 unspecified atom stereocenters. The van der Waals surface area contributed by atoms with E-state index in [9.17, 15) is 0 Å². The summed E-state index contributed by atoms with van der Waals surface area (Å²) in [6.07, 6.45) is 4.76. The quantitative estimate of drug-likeness (QED) is 0.603. The molecule has 0 aromatic heterocycles. The highest BCUT2D eigenvalue weighted by Gasteiger charge is 2.01. The van der Waals surface area contributed by atoms with E-state index in [4.69, 9.17) is 4.74 Å². The molecule has 0 aliphatic carbocycles. The Labute approximate surface area is 129 Å². The fraction of sp³-hybridized carbons (Fsp3) is 0.400. The highest BCUT2D eigenvalue weighted by atomic mass is 16.5. The molecule has 0 aliphatic heterocycles. The van der Waals surface area contributed by atoms with E-state index in [2.05, 4.69) is 69.3 Å². The van der Waals surface area contributed by atoms with Crippen molar-refractivity contribution in [2.75, 3.05) is 0 Å². The molecule has 0 spiro atoms. The van der Waals surface area contributed by atoms with Crippen LogP contribution in [0, 0.1) is 5.92 Å². The van der Waals surface area contributed by atoms with E-state index in [-0.39, 0.29) is 0 Å². The van der Waals surface area contributed by atoms with Gasteiger partial charge in [-0.3, -0.25) is 0 Å². The van der Waals surface area contributed by atoms with Gasteiger partial charge in [0.25, 0.3) is 0 Å². The molecule has 1 heteroatoms. The first-order valence-electron chi connectivity index (χ1n) is 8.03. The second-order valence-electron chi connectivity index (χ2n) is 6.09. The van der Waals surface area contributed by atoms with Gasteiger partial charge in [-0.05, 0) is 60.6 Å². The number of unbranched alkanes of at least 4 members (excludes halogenated alkanes) is 1. The third-order valence-electron chi connectivity index (χ3n) is 3.55. The number of benzene rings is 2. The zero-order chi connectivity index (χ0) is 15.1. The van der Waals surface area contributed by atoms with Crippen molar-refractivity contribution in [3.63, 3.8) is 0 Å². The largest absolute Gasteiger partial charge is 0.457 e. The number of rotatable bonds is 7. The highest BCUT2D eigenvalue weighted by molar-refractivity contribution is 5.34. The SMILES string of the molecule is CCCCc1ccc(Oc2ccc(CC(C)C)cc2)cc1. The van der Waals surface area contributed by atoms with E-state index in [0.717, 1.165) is 24.3 Å². The maximum atomic E-state index is 5.90. The normalized spacial score (nSPS) is 10.9. The Balaban J connectivity index is 1.94. The van der Waals surface area contributed by atoms with Crippen molar-refractivity contribution in [2.24, 2.45) is 5.92 Å². The lowest BCUT2D eigenvalue weighted by Gasteiger charge is -2.09. The Bertz CT molecular complexity index is 523. The molecular weight excluding hydrogens is 256 g/mol. The zero-order valence-corrected chi connectivity index (χ0v) is 13.4. The van der Waals surface area contributed by atoms with E-state index in [0.29, 0.717) is 5.92 Å². The van der Waals surface area contributed by atoms with E-state index < -0.39 is 0 Å². The predicted molar refractivity (Wildman–Crippen MR) is 90.1 cm³/mol. The van der Waals surface area contributed by atoms with Gasteiger partial charge in [-0.1, -0.05) is 51.5 Å². The van der Waals surface area contributed by atoms with Crippen molar-refractivity contribution in [3.8, 4) is 11.5 Å². The van der Waals surface area contributed by atoms with E-state index >= 15 is 0 Å². The van der Waals surface area contributed by atoms with E-state index in [1.807, 2.05) is 0 Å². The molecule has 0 heterocycles. The monoisotopic (exact) mass is 282 g/mol. The van der Waals surface area contributed by atoms with Crippen molar-refractivity contribution in [1.82, 2.24) is 0 Å². The van der Waals surface area contributed by atoms with Crippen LogP contribution in [-0.2, 0) is 12.8 Å². The zero-order valence-electron chi connectivity index (χ0n) is 13.4. The van der Waals surface area contributed by atoms with Gasteiger partial charge in [0.1, 0.15) is 11.5 Å². The third-order valence-corrected chi connectivity index (χ3v) is 3.55. The van der Waals surface area contributed by atoms with Crippen LogP contribution in [0.25, 0.3) is 0 Å². The lowest BCUT2D eigenvalue weighted by Crippen LogP contribution is -1.93. The molecule has 2 aromatic carbocycles. The summed E-state index contributed by atoms with van der Waals surface area (Å²) < 4.78 is 5.90. The van der Waals surface area contributed by atoms with E-state index in [1.165, 1.54) is 24.0 Å². The summed E-state index contributed by atoms with van der Waals surface area (Å²) in [5, 5.41) is 0. The van der Waals surface area contributed by atoms with Crippen LogP contribution in [0.2, 0.25) is 0 Å². The Morgan fingerprint density at radius 1 is 0.810 bits per heavy atom. The topological polar surface area (TPSA) is 9.23 Å². The Kier molecular flexibility index (Phi) is 5.86. The molecule has 0 atom stereocenters. The molecule has 2 rings (SSSR count). The minimum absolute atomic E-state index is 0.687. The van der Waals surface area contributed by atoms with Crippen LogP contribution < -0.4 is 4.74 Å². The summed E-state index contributed by atoms with van der Waals surface area (Å²) in [6.45, 7) is 6.70. The standard InChI is InChI=1S/C20H26O/c1-4-5-6-17-7-11-19(12-8-17)21-20-13-9-18(10-14-20)15-16(2)3/h7-14,16H,4-6,15H2,1-3H3. The van der Waals surface area contributed by atoms with Gasteiger partial charge in [0.05, 0.1) is 0 Å². The number of aryl methyl sites for hydroxylation is 1. The van der Waals surface area contributed by atoms with Crippen LogP contribution in [-0.4, -0.2) is 0 Å². The summed E-state index contributed by atoms with van der Waals surface area (Å²) >= 11 is 0. The minimum Gasteiger partial charge on any atom is -0.457 e. The average Bonchev–Trinajstić information content (AvgIpc) is 2.48. The van der Waals surface area contributed by atoms with Crippen LogP contribution in [0.5, 0.6) is 11.5 Å². The first-order chi connectivity index (χ1) is 10.2. The van der Waals surface area contributed by atoms with Crippen molar-refractivity contribution < 1.29 is 4.74 Å². The fourth-order valence-electron chi connectivity index (χ4n) is 2.41. The first kappa shape index (κ1) is 15.6. The minimum atomic E-state index is 0.687. The summed E-state index contributed by atoms with van der Waals surface area (Å²) in [5.74, 6) is 2.50. The molecule has 21 heavy (non-hydrogen) atoms. The molecule has 2 aromatic rings. The number of hydrogen-bond donors (Lipinski definition) is 0. The second-order valence-corrected chi connectivity index (χ2v) is 6.09. The molecule has 0 saturated carbocycles. The lowest BCUT2D eigenvalue weighted by molar-refractivity contribution is 0.482.